The number of hydrogen-bond donors (Lipinski definition) is 0. The van der Waals surface area contributed by atoms with Crippen molar-refractivity contribution >= 4 is 26.9 Å². The van der Waals surface area contributed by atoms with Crippen LogP contribution in [0.3, 0.4) is 0 Å². The number of amides is 1. The van der Waals surface area contributed by atoms with Gasteiger partial charge in [0.15, 0.2) is 0 Å². The third kappa shape index (κ3) is 4.61. The number of rotatable bonds is 6. The minimum absolute atomic E-state index is 0.0371. The number of hydrogen-bond acceptors (Lipinski definition) is 4. The molecule has 37 heavy (non-hydrogen) atoms. The quantitative estimate of drug-likeness (QED) is 0.415. The summed E-state index contributed by atoms with van der Waals surface area (Å²) < 4.78 is 34.6. The Morgan fingerprint density at radius 3 is 2.54 bits per heavy atom. The van der Waals surface area contributed by atoms with Crippen LogP contribution >= 0.6 is 0 Å². The van der Waals surface area contributed by atoms with E-state index in [2.05, 4.69) is 19.9 Å². The SMILES string of the molecule is Cc1ccc(S(=O)(=O)N2C[C@H]3C[C@H]3[C@H]2C(=O)N(Cc2ccc3ccoc3c2)C2CCC(C)(C)CC2)cc1. The lowest BCUT2D eigenvalue weighted by Gasteiger charge is -2.42. The molecule has 2 heterocycles. The lowest BCUT2D eigenvalue weighted by atomic mass is 9.75. The maximum atomic E-state index is 14.4. The second kappa shape index (κ2) is 8.98. The molecule has 3 fully saturated rings. The van der Waals surface area contributed by atoms with Crippen LogP contribution in [0.5, 0.6) is 0 Å². The summed E-state index contributed by atoms with van der Waals surface area (Å²) in [7, 11) is -3.76. The highest BCUT2D eigenvalue weighted by Gasteiger charge is 2.60. The average Bonchev–Trinajstić information content (AvgIpc) is 3.29. The summed E-state index contributed by atoms with van der Waals surface area (Å²) in [6.45, 7) is 7.43. The molecule has 1 saturated heterocycles. The standard InChI is InChI=1S/C30H36N2O4S/c1-20-4-8-25(9-5-20)37(34,35)32-19-23-17-26(23)28(32)29(33)31(24-10-13-30(2,3)14-11-24)18-21-6-7-22-12-15-36-27(22)16-21/h4-9,12,15-16,23-24,26,28H,10-11,13-14,17-19H2,1-3H3/t23-,26-,28+/m1/s1. The molecule has 0 spiro atoms. The van der Waals surface area contributed by atoms with Gasteiger partial charge in [0.05, 0.1) is 11.2 Å². The molecule has 0 bridgehead atoms. The number of piperidine rings is 1. The molecule has 3 aromatic rings. The van der Waals surface area contributed by atoms with Gasteiger partial charge in [0.25, 0.3) is 0 Å². The van der Waals surface area contributed by atoms with Crippen LogP contribution < -0.4 is 0 Å². The van der Waals surface area contributed by atoms with Gasteiger partial charge in [-0.2, -0.15) is 4.31 Å². The van der Waals surface area contributed by atoms with Crippen LogP contribution in [0.1, 0.15) is 57.1 Å². The number of fused-ring (bicyclic) bond motifs is 2. The second-order valence-corrected chi connectivity index (χ2v) is 14.0. The number of carbonyl (C=O) groups is 1. The molecule has 2 saturated carbocycles. The topological polar surface area (TPSA) is 70.8 Å². The van der Waals surface area contributed by atoms with Gasteiger partial charge in [-0.25, -0.2) is 8.42 Å². The Kier molecular flexibility index (Phi) is 5.99. The molecule has 0 N–H and O–H groups in total. The zero-order valence-electron chi connectivity index (χ0n) is 21.9. The predicted molar refractivity (Wildman–Crippen MR) is 143 cm³/mol. The van der Waals surface area contributed by atoms with E-state index >= 15 is 0 Å². The van der Waals surface area contributed by atoms with Crippen molar-refractivity contribution in [2.24, 2.45) is 17.3 Å². The molecule has 196 valence electrons. The van der Waals surface area contributed by atoms with Crippen molar-refractivity contribution in [3.63, 3.8) is 0 Å². The van der Waals surface area contributed by atoms with Crippen LogP contribution in [0.15, 0.2) is 64.1 Å². The van der Waals surface area contributed by atoms with Crippen molar-refractivity contribution in [1.29, 1.82) is 0 Å². The Bertz CT molecular complexity index is 1420. The van der Waals surface area contributed by atoms with E-state index in [0.717, 1.165) is 54.2 Å². The van der Waals surface area contributed by atoms with Crippen molar-refractivity contribution < 1.29 is 17.6 Å². The molecule has 3 atom stereocenters. The Morgan fingerprint density at radius 1 is 1.08 bits per heavy atom. The molecule has 3 aliphatic rings. The molecule has 2 aliphatic carbocycles. The van der Waals surface area contributed by atoms with Gasteiger partial charge in [-0.05, 0) is 86.1 Å². The Morgan fingerprint density at radius 2 is 1.81 bits per heavy atom. The summed E-state index contributed by atoms with van der Waals surface area (Å²) in [5.74, 6) is 0.355. The summed E-state index contributed by atoms with van der Waals surface area (Å²) >= 11 is 0. The van der Waals surface area contributed by atoms with Crippen LogP contribution in [-0.2, 0) is 21.4 Å². The lowest BCUT2D eigenvalue weighted by molar-refractivity contribution is -0.139. The number of benzene rings is 2. The third-order valence-electron chi connectivity index (χ3n) is 8.89. The Balaban J connectivity index is 1.32. The van der Waals surface area contributed by atoms with Crippen molar-refractivity contribution in [3.05, 3.63) is 65.9 Å². The van der Waals surface area contributed by atoms with Crippen LogP contribution in [-0.4, -0.2) is 42.2 Å². The average molecular weight is 521 g/mol. The van der Waals surface area contributed by atoms with Crippen molar-refractivity contribution in [2.45, 2.75) is 76.4 Å². The van der Waals surface area contributed by atoms with E-state index in [1.165, 1.54) is 4.31 Å². The summed E-state index contributed by atoms with van der Waals surface area (Å²) in [5, 5.41) is 1.04. The monoisotopic (exact) mass is 520 g/mol. The number of nitrogens with zero attached hydrogens (tertiary/aromatic N) is 2. The van der Waals surface area contributed by atoms with Gasteiger partial charge in [0, 0.05) is 24.5 Å². The van der Waals surface area contributed by atoms with Gasteiger partial charge in [0.1, 0.15) is 11.6 Å². The summed E-state index contributed by atoms with van der Waals surface area (Å²) in [4.78, 5) is 16.7. The molecular formula is C30H36N2O4S. The van der Waals surface area contributed by atoms with E-state index in [1.54, 1.807) is 18.4 Å². The summed E-state index contributed by atoms with van der Waals surface area (Å²) in [6, 6.07) is 14.5. The molecule has 0 radical (unpaired) electrons. The van der Waals surface area contributed by atoms with Crippen LogP contribution in [0.25, 0.3) is 11.0 Å². The number of sulfonamides is 1. The second-order valence-electron chi connectivity index (χ2n) is 12.1. The number of aryl methyl sites for hydroxylation is 1. The van der Waals surface area contributed by atoms with Gasteiger partial charge in [-0.15, -0.1) is 0 Å². The number of carbonyl (C=O) groups excluding carboxylic acids is 1. The molecule has 1 amide bonds. The first-order chi connectivity index (χ1) is 17.6. The summed E-state index contributed by atoms with van der Waals surface area (Å²) in [5.41, 5.74) is 3.10. The summed E-state index contributed by atoms with van der Waals surface area (Å²) in [6.07, 6.45) is 6.60. The highest BCUT2D eigenvalue weighted by atomic mass is 32.2. The first-order valence-electron chi connectivity index (χ1n) is 13.5. The molecular weight excluding hydrogens is 484 g/mol. The smallest absolute Gasteiger partial charge is 0.243 e. The minimum Gasteiger partial charge on any atom is -0.464 e. The highest BCUT2D eigenvalue weighted by Crippen LogP contribution is 2.52. The molecule has 1 aromatic heterocycles. The Hall–Kier alpha value is -2.64. The van der Waals surface area contributed by atoms with Crippen molar-refractivity contribution in [3.8, 4) is 0 Å². The van der Waals surface area contributed by atoms with Gasteiger partial charge < -0.3 is 9.32 Å². The van der Waals surface area contributed by atoms with Crippen molar-refractivity contribution in [1.82, 2.24) is 9.21 Å². The van der Waals surface area contributed by atoms with Gasteiger partial charge in [-0.3, -0.25) is 4.79 Å². The molecule has 2 aromatic carbocycles. The zero-order valence-corrected chi connectivity index (χ0v) is 22.7. The zero-order chi connectivity index (χ0) is 25.9. The van der Waals surface area contributed by atoms with Gasteiger partial charge >= 0.3 is 0 Å². The molecule has 7 heteroatoms. The van der Waals surface area contributed by atoms with E-state index in [-0.39, 0.29) is 34.1 Å². The van der Waals surface area contributed by atoms with Gasteiger partial charge in [-0.1, -0.05) is 43.7 Å². The maximum Gasteiger partial charge on any atom is 0.243 e. The van der Waals surface area contributed by atoms with E-state index in [0.29, 0.717) is 13.1 Å². The van der Waals surface area contributed by atoms with Crippen molar-refractivity contribution in [2.75, 3.05) is 6.54 Å². The fraction of sp³-hybridized carbons (Fsp3) is 0.500. The van der Waals surface area contributed by atoms with Crippen LogP contribution in [0, 0.1) is 24.2 Å². The van der Waals surface area contributed by atoms with Crippen LogP contribution in [0.4, 0.5) is 0 Å². The largest absolute Gasteiger partial charge is 0.464 e. The normalized spacial score (nSPS) is 25.8. The van der Waals surface area contributed by atoms with E-state index in [1.807, 2.05) is 42.2 Å². The van der Waals surface area contributed by atoms with Crippen LogP contribution in [0.2, 0.25) is 0 Å². The molecule has 6 nitrogen and oxygen atoms in total. The third-order valence-corrected chi connectivity index (χ3v) is 10.8. The fourth-order valence-corrected chi connectivity index (χ4v) is 8.06. The fourth-order valence-electron chi connectivity index (χ4n) is 6.37. The first-order valence-corrected chi connectivity index (χ1v) is 14.9. The molecule has 6 rings (SSSR count). The predicted octanol–water partition coefficient (Wildman–Crippen LogP) is 5.75. The maximum absolute atomic E-state index is 14.4. The number of furan rings is 1. The minimum atomic E-state index is -3.76. The first kappa shape index (κ1) is 24.7. The lowest BCUT2D eigenvalue weighted by Crippen LogP contribution is -2.53. The van der Waals surface area contributed by atoms with E-state index in [9.17, 15) is 13.2 Å². The highest BCUT2D eigenvalue weighted by molar-refractivity contribution is 7.89. The molecule has 0 unspecified atom stereocenters. The van der Waals surface area contributed by atoms with E-state index in [4.69, 9.17) is 4.42 Å². The Labute approximate surface area is 219 Å². The van der Waals surface area contributed by atoms with Gasteiger partial charge in [0.2, 0.25) is 15.9 Å². The van der Waals surface area contributed by atoms with E-state index < -0.39 is 16.1 Å². The molecule has 1 aliphatic heterocycles.